The van der Waals surface area contributed by atoms with Crippen LogP contribution in [-0.4, -0.2) is 15.6 Å². The van der Waals surface area contributed by atoms with Crippen LogP contribution in [0.3, 0.4) is 0 Å². The second-order valence-corrected chi connectivity index (χ2v) is 4.45. The van der Waals surface area contributed by atoms with Gasteiger partial charge in [-0.3, -0.25) is 9.48 Å². The summed E-state index contributed by atoms with van der Waals surface area (Å²) in [6.45, 7) is 6.45. The Labute approximate surface area is 107 Å². The fourth-order valence-electron chi connectivity index (χ4n) is 2.25. The van der Waals surface area contributed by atoms with E-state index in [4.69, 9.17) is 0 Å². The summed E-state index contributed by atoms with van der Waals surface area (Å²) in [6, 6.07) is 9.36. The Morgan fingerprint density at radius 3 is 2.44 bits per heavy atom. The lowest BCUT2D eigenvalue weighted by molar-refractivity contribution is 0.0966. The van der Waals surface area contributed by atoms with Crippen LogP contribution in [0.15, 0.2) is 30.3 Å². The van der Waals surface area contributed by atoms with Crippen molar-refractivity contribution in [2.75, 3.05) is 0 Å². The molecule has 0 spiro atoms. The number of rotatable bonds is 4. The highest BCUT2D eigenvalue weighted by Crippen LogP contribution is 2.14. The van der Waals surface area contributed by atoms with Crippen LogP contribution in [0.25, 0.3) is 0 Å². The summed E-state index contributed by atoms with van der Waals surface area (Å²) < 4.78 is 1.81. The van der Waals surface area contributed by atoms with Crippen molar-refractivity contribution in [3.63, 3.8) is 0 Å². The van der Waals surface area contributed by atoms with Crippen LogP contribution in [0.1, 0.15) is 34.2 Å². The molecular weight excluding hydrogens is 224 g/mol. The fourth-order valence-corrected chi connectivity index (χ4v) is 2.25. The number of nitrogens with zero attached hydrogens (tertiary/aromatic N) is 2. The van der Waals surface area contributed by atoms with Gasteiger partial charge in [-0.2, -0.15) is 5.10 Å². The van der Waals surface area contributed by atoms with Gasteiger partial charge in [0.1, 0.15) is 6.54 Å². The molecule has 0 aliphatic carbocycles. The second kappa shape index (κ2) is 5.17. The van der Waals surface area contributed by atoms with E-state index in [1.165, 1.54) is 5.56 Å². The van der Waals surface area contributed by atoms with Gasteiger partial charge in [0.2, 0.25) is 0 Å². The van der Waals surface area contributed by atoms with Crippen LogP contribution in [0.2, 0.25) is 0 Å². The second-order valence-electron chi connectivity index (χ2n) is 4.45. The van der Waals surface area contributed by atoms with Gasteiger partial charge in [-0.05, 0) is 25.8 Å². The molecule has 3 heteroatoms. The molecule has 94 valence electrons. The summed E-state index contributed by atoms with van der Waals surface area (Å²) in [5.41, 5.74) is 4.11. The van der Waals surface area contributed by atoms with E-state index < -0.39 is 0 Å². The molecule has 3 nitrogen and oxygen atoms in total. The van der Waals surface area contributed by atoms with Crippen molar-refractivity contribution in [3.8, 4) is 0 Å². The van der Waals surface area contributed by atoms with Gasteiger partial charge in [0.05, 0.1) is 5.69 Å². The lowest BCUT2D eigenvalue weighted by Crippen LogP contribution is -2.13. The minimum absolute atomic E-state index is 0.101. The van der Waals surface area contributed by atoms with Crippen LogP contribution >= 0.6 is 0 Å². The highest BCUT2D eigenvalue weighted by atomic mass is 16.1. The third-order valence-corrected chi connectivity index (χ3v) is 3.27. The Bertz CT molecular complexity index is 555. The molecule has 0 saturated heterocycles. The number of hydrogen-bond donors (Lipinski definition) is 0. The van der Waals surface area contributed by atoms with E-state index in [1.807, 2.05) is 48.9 Å². The van der Waals surface area contributed by atoms with Crippen LogP contribution in [0.4, 0.5) is 0 Å². The third-order valence-electron chi connectivity index (χ3n) is 3.27. The van der Waals surface area contributed by atoms with Gasteiger partial charge in [-0.15, -0.1) is 0 Å². The zero-order valence-electron chi connectivity index (χ0n) is 11.1. The quantitative estimate of drug-likeness (QED) is 0.773. The van der Waals surface area contributed by atoms with Gasteiger partial charge in [-0.25, -0.2) is 0 Å². The molecule has 2 aromatic rings. The molecular formula is C15H18N2O. The van der Waals surface area contributed by atoms with Gasteiger partial charge >= 0.3 is 0 Å². The average Bonchev–Trinajstić information content (AvgIpc) is 2.65. The van der Waals surface area contributed by atoms with E-state index in [-0.39, 0.29) is 5.78 Å². The Kier molecular flexibility index (Phi) is 3.60. The predicted octanol–water partition coefficient (Wildman–Crippen LogP) is 2.95. The van der Waals surface area contributed by atoms with Crippen LogP contribution in [-0.2, 0) is 13.0 Å². The molecule has 0 unspecified atom stereocenters. The zero-order chi connectivity index (χ0) is 13.1. The molecule has 0 N–H and O–H groups in total. The molecule has 1 heterocycles. The first kappa shape index (κ1) is 12.6. The minimum Gasteiger partial charge on any atom is -0.292 e. The molecule has 0 amide bonds. The van der Waals surface area contributed by atoms with E-state index >= 15 is 0 Å². The van der Waals surface area contributed by atoms with Crippen molar-refractivity contribution in [1.82, 2.24) is 9.78 Å². The number of hydrogen-bond acceptors (Lipinski definition) is 2. The maximum absolute atomic E-state index is 12.1. The van der Waals surface area contributed by atoms with E-state index in [2.05, 4.69) is 12.0 Å². The molecule has 2 rings (SSSR count). The van der Waals surface area contributed by atoms with Crippen molar-refractivity contribution < 1.29 is 4.79 Å². The molecule has 0 radical (unpaired) electrons. The predicted molar refractivity (Wildman–Crippen MR) is 71.9 cm³/mol. The van der Waals surface area contributed by atoms with Crippen LogP contribution in [0, 0.1) is 13.8 Å². The number of aryl methyl sites for hydroxylation is 1. The Hall–Kier alpha value is -1.90. The number of ketones is 1. The van der Waals surface area contributed by atoms with E-state index in [9.17, 15) is 4.79 Å². The summed E-state index contributed by atoms with van der Waals surface area (Å²) in [5, 5.41) is 4.44. The molecule has 0 atom stereocenters. The topological polar surface area (TPSA) is 34.9 Å². The maximum atomic E-state index is 12.1. The first-order chi connectivity index (χ1) is 8.63. The number of carbonyl (C=O) groups is 1. The van der Waals surface area contributed by atoms with Crippen LogP contribution in [0.5, 0.6) is 0 Å². The van der Waals surface area contributed by atoms with Crippen molar-refractivity contribution in [3.05, 3.63) is 52.8 Å². The molecule has 0 bridgehead atoms. The number of carbonyl (C=O) groups excluding carboxylic acids is 1. The van der Waals surface area contributed by atoms with E-state index in [0.29, 0.717) is 6.54 Å². The smallest absolute Gasteiger partial charge is 0.184 e. The Morgan fingerprint density at radius 2 is 1.89 bits per heavy atom. The number of aromatic nitrogens is 2. The summed E-state index contributed by atoms with van der Waals surface area (Å²) in [6.07, 6.45) is 0.956. The Morgan fingerprint density at radius 1 is 1.22 bits per heavy atom. The van der Waals surface area contributed by atoms with E-state index in [0.717, 1.165) is 23.4 Å². The van der Waals surface area contributed by atoms with Gasteiger partial charge in [0.15, 0.2) is 5.78 Å². The van der Waals surface area contributed by atoms with Gasteiger partial charge in [0, 0.05) is 11.3 Å². The van der Waals surface area contributed by atoms with Gasteiger partial charge in [0.25, 0.3) is 0 Å². The third kappa shape index (κ3) is 2.35. The van der Waals surface area contributed by atoms with Crippen molar-refractivity contribution in [2.45, 2.75) is 33.7 Å². The molecule has 18 heavy (non-hydrogen) atoms. The SMILES string of the molecule is CCc1c(C)nn(CC(=O)c2ccccc2)c1C. The Balaban J connectivity index is 2.23. The molecule has 1 aromatic carbocycles. The van der Waals surface area contributed by atoms with E-state index in [1.54, 1.807) is 0 Å². The fraction of sp³-hybridized carbons (Fsp3) is 0.333. The minimum atomic E-state index is 0.101. The number of benzene rings is 1. The van der Waals surface area contributed by atoms with Crippen molar-refractivity contribution in [1.29, 1.82) is 0 Å². The lowest BCUT2D eigenvalue weighted by atomic mass is 10.1. The zero-order valence-corrected chi connectivity index (χ0v) is 11.1. The van der Waals surface area contributed by atoms with Crippen molar-refractivity contribution >= 4 is 5.78 Å². The summed E-state index contributed by atoms with van der Waals surface area (Å²) in [5.74, 6) is 0.101. The van der Waals surface area contributed by atoms with Crippen molar-refractivity contribution in [2.24, 2.45) is 0 Å². The normalized spacial score (nSPS) is 10.6. The van der Waals surface area contributed by atoms with Crippen LogP contribution < -0.4 is 0 Å². The standard InChI is InChI=1S/C15H18N2O/c1-4-14-11(2)16-17(12(14)3)10-15(18)13-8-6-5-7-9-13/h5-9H,4,10H2,1-3H3. The first-order valence-electron chi connectivity index (χ1n) is 6.24. The molecule has 0 fully saturated rings. The summed E-state index contributed by atoms with van der Waals surface area (Å²) in [4.78, 5) is 12.1. The first-order valence-corrected chi connectivity index (χ1v) is 6.24. The number of Topliss-reactive ketones (excluding diaryl/α,β-unsaturated/α-hetero) is 1. The maximum Gasteiger partial charge on any atom is 0.184 e. The summed E-state index contributed by atoms with van der Waals surface area (Å²) >= 11 is 0. The average molecular weight is 242 g/mol. The largest absolute Gasteiger partial charge is 0.292 e. The van der Waals surface area contributed by atoms with Gasteiger partial charge < -0.3 is 0 Å². The molecule has 0 saturated carbocycles. The monoisotopic (exact) mass is 242 g/mol. The highest BCUT2D eigenvalue weighted by molar-refractivity contribution is 5.95. The summed E-state index contributed by atoms with van der Waals surface area (Å²) in [7, 11) is 0. The highest BCUT2D eigenvalue weighted by Gasteiger charge is 2.13. The van der Waals surface area contributed by atoms with Gasteiger partial charge in [-0.1, -0.05) is 37.3 Å². The molecule has 1 aromatic heterocycles. The molecule has 0 aliphatic rings. The molecule has 0 aliphatic heterocycles. The lowest BCUT2D eigenvalue weighted by Gasteiger charge is -2.04.